The Hall–Kier alpha value is -2.41. The van der Waals surface area contributed by atoms with Gasteiger partial charge in [0.2, 0.25) is 0 Å². The lowest BCUT2D eigenvalue weighted by Crippen LogP contribution is -2.38. The van der Waals surface area contributed by atoms with Crippen LogP contribution in [0.15, 0.2) is 47.5 Å². The molecule has 0 fully saturated rings. The number of sulfonamides is 1. The minimum atomic E-state index is -3.92. The lowest BCUT2D eigenvalue weighted by Gasteiger charge is -2.31. The van der Waals surface area contributed by atoms with Gasteiger partial charge in [0.25, 0.3) is 10.0 Å². The standard InChI is InChI=1S/C16H17NO5S/c1-4-10-17-15(11(3)18)16(22-14(19)5-2)12-8-6-7-9-13(12)23(17,20)21/h4,6-9H,1,5,10H2,2-3H3. The molecular weight excluding hydrogens is 318 g/mol. The fraction of sp³-hybridized carbons (Fsp3) is 0.250. The van der Waals surface area contributed by atoms with Crippen LogP contribution in [0.1, 0.15) is 25.8 Å². The number of allylic oxidation sites excluding steroid dienone is 1. The molecule has 1 aromatic carbocycles. The third-order valence-corrected chi connectivity index (χ3v) is 5.12. The summed E-state index contributed by atoms with van der Waals surface area (Å²) >= 11 is 0. The SMILES string of the molecule is C=CCN1C(C(C)=O)=C(OC(=O)CC)c2ccccc2S1(=O)=O. The Bertz CT molecular complexity index is 808. The molecule has 1 aliphatic rings. The molecule has 0 amide bonds. The van der Waals surface area contributed by atoms with Crippen LogP contribution in [0.3, 0.4) is 0 Å². The maximum Gasteiger partial charge on any atom is 0.310 e. The first kappa shape index (κ1) is 17.0. The molecule has 0 spiro atoms. The molecule has 0 unspecified atom stereocenters. The van der Waals surface area contributed by atoms with Crippen LogP contribution in [0, 0.1) is 0 Å². The number of esters is 1. The first-order valence-corrected chi connectivity index (χ1v) is 8.47. The van der Waals surface area contributed by atoms with Crippen molar-refractivity contribution >= 4 is 27.5 Å². The van der Waals surface area contributed by atoms with E-state index in [4.69, 9.17) is 4.74 Å². The first-order valence-electron chi connectivity index (χ1n) is 7.03. The van der Waals surface area contributed by atoms with Gasteiger partial charge in [0, 0.05) is 18.9 Å². The van der Waals surface area contributed by atoms with Crippen molar-refractivity contribution in [3.63, 3.8) is 0 Å². The lowest BCUT2D eigenvalue weighted by molar-refractivity contribution is -0.136. The van der Waals surface area contributed by atoms with Gasteiger partial charge >= 0.3 is 5.97 Å². The Morgan fingerprint density at radius 2 is 1.96 bits per heavy atom. The predicted octanol–water partition coefficient (Wildman–Crippen LogP) is 2.09. The summed E-state index contributed by atoms with van der Waals surface area (Å²) in [5, 5.41) is 0. The van der Waals surface area contributed by atoms with Crippen molar-refractivity contribution in [1.82, 2.24) is 4.31 Å². The summed E-state index contributed by atoms with van der Waals surface area (Å²) in [5.74, 6) is -1.09. The van der Waals surface area contributed by atoms with Crippen LogP contribution in [0.4, 0.5) is 0 Å². The second kappa shape index (κ2) is 6.37. The largest absolute Gasteiger partial charge is 0.423 e. The second-order valence-corrected chi connectivity index (χ2v) is 6.71. The Balaban J connectivity index is 2.82. The molecule has 0 saturated carbocycles. The van der Waals surface area contributed by atoms with Gasteiger partial charge in [0.15, 0.2) is 11.5 Å². The Morgan fingerprint density at radius 1 is 1.30 bits per heavy atom. The summed E-state index contributed by atoms with van der Waals surface area (Å²) in [6.45, 7) is 6.27. The van der Waals surface area contributed by atoms with E-state index in [1.807, 2.05) is 0 Å². The second-order valence-electron chi connectivity index (χ2n) is 4.88. The Labute approximate surface area is 135 Å². The topological polar surface area (TPSA) is 80.8 Å². The van der Waals surface area contributed by atoms with Crippen molar-refractivity contribution in [3.8, 4) is 0 Å². The van der Waals surface area contributed by atoms with E-state index in [9.17, 15) is 18.0 Å². The number of carbonyl (C=O) groups excluding carboxylic acids is 2. The third-order valence-electron chi connectivity index (χ3n) is 3.30. The van der Waals surface area contributed by atoms with Gasteiger partial charge in [-0.05, 0) is 12.1 Å². The molecule has 0 bridgehead atoms. The molecule has 23 heavy (non-hydrogen) atoms. The van der Waals surface area contributed by atoms with Crippen LogP contribution < -0.4 is 0 Å². The van der Waals surface area contributed by atoms with E-state index in [1.165, 1.54) is 25.1 Å². The van der Waals surface area contributed by atoms with Crippen molar-refractivity contribution in [2.75, 3.05) is 6.54 Å². The molecule has 0 radical (unpaired) electrons. The summed E-state index contributed by atoms with van der Waals surface area (Å²) in [4.78, 5) is 23.8. The van der Waals surface area contributed by atoms with E-state index in [-0.39, 0.29) is 34.9 Å². The smallest absolute Gasteiger partial charge is 0.310 e. The highest BCUT2D eigenvalue weighted by molar-refractivity contribution is 7.89. The van der Waals surface area contributed by atoms with Gasteiger partial charge in [0.1, 0.15) is 5.70 Å². The molecule has 7 heteroatoms. The van der Waals surface area contributed by atoms with Crippen molar-refractivity contribution in [2.24, 2.45) is 0 Å². The first-order chi connectivity index (χ1) is 10.8. The highest BCUT2D eigenvalue weighted by atomic mass is 32.2. The van der Waals surface area contributed by atoms with Gasteiger partial charge in [-0.25, -0.2) is 8.42 Å². The number of carbonyl (C=O) groups is 2. The number of ether oxygens (including phenoxy) is 1. The number of ketones is 1. The van der Waals surface area contributed by atoms with Gasteiger partial charge in [0.05, 0.1) is 11.4 Å². The van der Waals surface area contributed by atoms with Gasteiger partial charge < -0.3 is 4.74 Å². The fourth-order valence-corrected chi connectivity index (χ4v) is 3.97. The molecule has 1 aliphatic heterocycles. The zero-order valence-electron chi connectivity index (χ0n) is 12.9. The van der Waals surface area contributed by atoms with Crippen LogP contribution in [0.5, 0.6) is 0 Å². The average Bonchev–Trinajstić information content (AvgIpc) is 2.51. The number of Topliss-reactive ketones (excluding diaryl/α,β-unsaturated/α-hetero) is 1. The predicted molar refractivity (Wildman–Crippen MR) is 84.5 cm³/mol. The van der Waals surface area contributed by atoms with Crippen molar-refractivity contribution < 1.29 is 22.7 Å². The van der Waals surface area contributed by atoms with Gasteiger partial charge in [-0.1, -0.05) is 25.1 Å². The lowest BCUT2D eigenvalue weighted by atomic mass is 10.1. The van der Waals surface area contributed by atoms with Gasteiger partial charge in [-0.2, -0.15) is 0 Å². The minimum absolute atomic E-state index is 0.00856. The molecule has 1 aromatic rings. The van der Waals surface area contributed by atoms with E-state index in [2.05, 4.69) is 6.58 Å². The summed E-state index contributed by atoms with van der Waals surface area (Å²) in [7, 11) is -3.92. The maximum atomic E-state index is 12.8. The van der Waals surface area contributed by atoms with E-state index in [1.54, 1.807) is 19.1 Å². The van der Waals surface area contributed by atoms with Crippen LogP contribution in [0.25, 0.3) is 5.76 Å². The zero-order valence-corrected chi connectivity index (χ0v) is 13.7. The molecule has 2 rings (SSSR count). The van der Waals surface area contributed by atoms with E-state index < -0.39 is 21.8 Å². The van der Waals surface area contributed by atoms with E-state index in [0.29, 0.717) is 0 Å². The number of nitrogens with zero attached hydrogens (tertiary/aromatic N) is 1. The Morgan fingerprint density at radius 3 is 2.52 bits per heavy atom. The molecule has 6 nitrogen and oxygen atoms in total. The highest BCUT2D eigenvalue weighted by Gasteiger charge is 2.39. The monoisotopic (exact) mass is 335 g/mol. The Kier molecular flexibility index (Phi) is 4.70. The number of hydrogen-bond donors (Lipinski definition) is 0. The van der Waals surface area contributed by atoms with Crippen LogP contribution in [-0.4, -0.2) is 31.0 Å². The number of hydrogen-bond acceptors (Lipinski definition) is 5. The van der Waals surface area contributed by atoms with E-state index in [0.717, 1.165) is 4.31 Å². The normalized spacial score (nSPS) is 15.8. The van der Waals surface area contributed by atoms with Crippen molar-refractivity contribution in [3.05, 3.63) is 48.2 Å². The summed E-state index contributed by atoms with van der Waals surface area (Å²) in [6, 6.07) is 6.12. The average molecular weight is 335 g/mol. The minimum Gasteiger partial charge on any atom is -0.423 e. The van der Waals surface area contributed by atoms with Crippen molar-refractivity contribution in [2.45, 2.75) is 25.2 Å². The molecule has 1 heterocycles. The van der Waals surface area contributed by atoms with Gasteiger partial charge in [-0.15, -0.1) is 6.58 Å². The van der Waals surface area contributed by atoms with Crippen LogP contribution >= 0.6 is 0 Å². The van der Waals surface area contributed by atoms with Crippen LogP contribution in [0.2, 0.25) is 0 Å². The fourth-order valence-electron chi connectivity index (χ4n) is 2.29. The summed E-state index contributed by atoms with van der Waals surface area (Å²) in [5.41, 5.74) is 0.0465. The number of fused-ring (bicyclic) bond motifs is 1. The van der Waals surface area contributed by atoms with Crippen LogP contribution in [-0.2, 0) is 24.3 Å². The zero-order chi connectivity index (χ0) is 17.2. The molecule has 0 N–H and O–H groups in total. The quantitative estimate of drug-likeness (QED) is 0.608. The number of rotatable bonds is 5. The maximum absolute atomic E-state index is 12.8. The third kappa shape index (κ3) is 2.92. The van der Waals surface area contributed by atoms with E-state index >= 15 is 0 Å². The molecule has 0 saturated heterocycles. The molecule has 0 aliphatic carbocycles. The highest BCUT2D eigenvalue weighted by Crippen LogP contribution is 2.37. The van der Waals surface area contributed by atoms with Crippen molar-refractivity contribution in [1.29, 1.82) is 0 Å². The molecule has 0 aromatic heterocycles. The number of benzene rings is 1. The molecule has 0 atom stereocenters. The summed E-state index contributed by atoms with van der Waals surface area (Å²) < 4.78 is 31.7. The molecular formula is C16H17NO5S. The molecule has 122 valence electrons. The van der Waals surface area contributed by atoms with Gasteiger partial charge in [-0.3, -0.25) is 13.9 Å². The summed E-state index contributed by atoms with van der Waals surface area (Å²) in [6.07, 6.45) is 1.47.